The highest BCUT2D eigenvalue weighted by Gasteiger charge is 2.52. The zero-order valence-corrected chi connectivity index (χ0v) is 17.0. The van der Waals surface area contributed by atoms with Gasteiger partial charge in [0.1, 0.15) is 5.54 Å². The summed E-state index contributed by atoms with van der Waals surface area (Å²) in [6, 6.07) is 8.74. The van der Waals surface area contributed by atoms with Crippen molar-refractivity contribution in [3.8, 4) is 0 Å². The second-order valence-corrected chi connectivity index (χ2v) is 9.19. The zero-order chi connectivity index (χ0) is 21.7. The minimum absolute atomic E-state index is 0.0590. The molecular formula is C17H29BN4O6S. The minimum Gasteiger partial charge on any atom is -0.480 e. The molecule has 1 aliphatic rings. The summed E-state index contributed by atoms with van der Waals surface area (Å²) in [6.07, 6.45) is 1.03. The second kappa shape index (κ2) is 9.98. The van der Waals surface area contributed by atoms with Gasteiger partial charge in [0.2, 0.25) is 0 Å². The van der Waals surface area contributed by atoms with Gasteiger partial charge < -0.3 is 26.6 Å². The quantitative estimate of drug-likeness (QED) is 0.227. The van der Waals surface area contributed by atoms with Crippen LogP contribution in [0.25, 0.3) is 0 Å². The van der Waals surface area contributed by atoms with Gasteiger partial charge in [-0.15, -0.1) is 0 Å². The molecule has 0 saturated carbocycles. The molecule has 12 heteroatoms. The van der Waals surface area contributed by atoms with Crippen molar-refractivity contribution < 1.29 is 28.4 Å². The first kappa shape index (κ1) is 23.7. The van der Waals surface area contributed by atoms with Crippen molar-refractivity contribution in [1.29, 1.82) is 0 Å². The van der Waals surface area contributed by atoms with Crippen LogP contribution in [0.5, 0.6) is 0 Å². The van der Waals surface area contributed by atoms with Crippen LogP contribution in [0.1, 0.15) is 18.4 Å². The molecule has 3 atom stereocenters. The predicted molar refractivity (Wildman–Crippen MR) is 109 cm³/mol. The number of carboxylic acids is 1. The van der Waals surface area contributed by atoms with Gasteiger partial charge >= 0.3 is 13.1 Å². The standard InChI is InChI=1S/C17H29BN4O6S/c19-10-15(9-13-5-2-1-3-6-13)21-29(27,28)22-11-14(7-4-8-18(25)26)17(20,12-22)16(23)24/h1-3,5-6,14-15,21,25-26H,4,7-12,19-20H2,(H,23,24)/t14-,15+,17-/m0/s1. The molecule has 1 aromatic carbocycles. The van der Waals surface area contributed by atoms with Gasteiger partial charge in [0.15, 0.2) is 0 Å². The van der Waals surface area contributed by atoms with Gasteiger partial charge in [-0.1, -0.05) is 36.8 Å². The molecular weight excluding hydrogens is 399 g/mol. The summed E-state index contributed by atoms with van der Waals surface area (Å²) in [7, 11) is -5.51. The van der Waals surface area contributed by atoms with Crippen molar-refractivity contribution >= 4 is 23.3 Å². The lowest BCUT2D eigenvalue weighted by molar-refractivity contribution is -0.144. The van der Waals surface area contributed by atoms with Crippen molar-refractivity contribution in [3.05, 3.63) is 35.9 Å². The van der Waals surface area contributed by atoms with Crippen LogP contribution in [-0.2, 0) is 21.4 Å². The molecule has 1 aromatic rings. The zero-order valence-electron chi connectivity index (χ0n) is 16.1. The Hall–Kier alpha value is -1.54. The summed E-state index contributed by atoms with van der Waals surface area (Å²) in [6.45, 7) is -0.360. The smallest absolute Gasteiger partial charge is 0.451 e. The first-order valence-corrected chi connectivity index (χ1v) is 10.9. The number of rotatable bonds is 11. The fourth-order valence-electron chi connectivity index (χ4n) is 3.57. The predicted octanol–water partition coefficient (Wildman–Crippen LogP) is -1.64. The largest absolute Gasteiger partial charge is 0.480 e. The van der Waals surface area contributed by atoms with E-state index < -0.39 is 40.8 Å². The van der Waals surface area contributed by atoms with Gasteiger partial charge in [0.05, 0.1) is 0 Å². The molecule has 2 rings (SSSR count). The molecule has 1 heterocycles. The first-order chi connectivity index (χ1) is 13.6. The molecule has 0 radical (unpaired) electrons. The van der Waals surface area contributed by atoms with E-state index in [4.69, 9.17) is 21.5 Å². The van der Waals surface area contributed by atoms with Crippen LogP contribution in [0.2, 0.25) is 6.32 Å². The van der Waals surface area contributed by atoms with Crippen LogP contribution in [0.15, 0.2) is 30.3 Å². The van der Waals surface area contributed by atoms with Crippen molar-refractivity contribution in [3.63, 3.8) is 0 Å². The number of carbonyl (C=O) groups is 1. The van der Waals surface area contributed by atoms with E-state index in [1.807, 2.05) is 30.3 Å². The molecule has 0 bridgehead atoms. The fourth-order valence-corrected chi connectivity index (χ4v) is 5.08. The van der Waals surface area contributed by atoms with Gasteiger partial charge in [-0.05, 0) is 24.7 Å². The Morgan fingerprint density at radius 2 is 2.00 bits per heavy atom. The molecule has 1 aliphatic heterocycles. The molecule has 1 fully saturated rings. The number of hydrogen-bond donors (Lipinski definition) is 6. The lowest BCUT2D eigenvalue weighted by atomic mass is 9.78. The SMILES string of the molecule is NC[C@@H](Cc1ccccc1)NS(=O)(=O)N1C[C@H](CCCB(O)O)[C@](N)(C(=O)O)C1. The van der Waals surface area contributed by atoms with Gasteiger partial charge in [-0.25, -0.2) is 0 Å². The lowest BCUT2D eigenvalue weighted by Gasteiger charge is -2.25. The summed E-state index contributed by atoms with van der Waals surface area (Å²) in [4.78, 5) is 11.7. The molecule has 162 valence electrons. The van der Waals surface area contributed by atoms with Crippen LogP contribution in [0, 0.1) is 5.92 Å². The third-order valence-corrected chi connectivity index (χ3v) is 6.86. The molecule has 1 saturated heterocycles. The minimum atomic E-state index is -4.01. The monoisotopic (exact) mass is 428 g/mol. The third kappa shape index (κ3) is 6.22. The highest BCUT2D eigenvalue weighted by Crippen LogP contribution is 2.32. The normalized spacial score (nSPS) is 23.8. The summed E-state index contributed by atoms with van der Waals surface area (Å²) in [5.41, 5.74) is 11.0. The van der Waals surface area contributed by atoms with E-state index in [0.29, 0.717) is 12.8 Å². The lowest BCUT2D eigenvalue weighted by Crippen LogP contribution is -2.56. The Balaban J connectivity index is 2.09. The van der Waals surface area contributed by atoms with E-state index in [-0.39, 0.29) is 32.4 Å². The molecule has 10 nitrogen and oxygen atoms in total. The average Bonchev–Trinajstić information content (AvgIpc) is 3.01. The van der Waals surface area contributed by atoms with E-state index in [9.17, 15) is 18.3 Å². The Labute approximate surface area is 171 Å². The Bertz CT molecular complexity index is 781. The number of aliphatic carboxylic acids is 1. The number of hydrogen-bond acceptors (Lipinski definition) is 7. The summed E-state index contributed by atoms with van der Waals surface area (Å²) in [5.74, 6) is -1.94. The van der Waals surface area contributed by atoms with E-state index in [1.54, 1.807) is 0 Å². The Morgan fingerprint density at radius 1 is 1.34 bits per heavy atom. The molecule has 0 aromatic heterocycles. The molecule has 0 spiro atoms. The van der Waals surface area contributed by atoms with Crippen LogP contribution in [0.3, 0.4) is 0 Å². The van der Waals surface area contributed by atoms with Crippen LogP contribution in [0.4, 0.5) is 0 Å². The molecule has 8 N–H and O–H groups in total. The van der Waals surface area contributed by atoms with Crippen LogP contribution in [-0.4, -0.2) is 72.2 Å². The van der Waals surface area contributed by atoms with E-state index in [1.165, 1.54) is 0 Å². The number of nitrogens with one attached hydrogen (secondary N) is 1. The van der Waals surface area contributed by atoms with Crippen LogP contribution < -0.4 is 16.2 Å². The molecule has 0 unspecified atom stereocenters. The van der Waals surface area contributed by atoms with Gasteiger partial charge in [0, 0.05) is 31.6 Å². The van der Waals surface area contributed by atoms with E-state index in [0.717, 1.165) is 9.87 Å². The Kier molecular flexibility index (Phi) is 8.17. The van der Waals surface area contributed by atoms with Crippen molar-refractivity contribution in [2.24, 2.45) is 17.4 Å². The second-order valence-electron chi connectivity index (χ2n) is 7.49. The van der Waals surface area contributed by atoms with Crippen LogP contribution >= 0.6 is 0 Å². The summed E-state index contributed by atoms with van der Waals surface area (Å²) >= 11 is 0. The number of nitrogens with two attached hydrogens (primary N) is 2. The third-order valence-electron chi connectivity index (χ3n) is 5.27. The maximum Gasteiger partial charge on any atom is 0.451 e. The topological polar surface area (TPSA) is 179 Å². The average molecular weight is 428 g/mol. The highest BCUT2D eigenvalue weighted by atomic mass is 32.2. The summed E-state index contributed by atoms with van der Waals surface area (Å²) in [5, 5.41) is 27.5. The number of benzene rings is 1. The Morgan fingerprint density at radius 3 is 2.55 bits per heavy atom. The maximum atomic E-state index is 12.9. The fraction of sp³-hybridized carbons (Fsp3) is 0.588. The van der Waals surface area contributed by atoms with E-state index in [2.05, 4.69) is 4.72 Å². The first-order valence-electron chi connectivity index (χ1n) is 9.48. The molecule has 0 aliphatic carbocycles. The number of carboxylic acid groups (broad SMARTS) is 1. The van der Waals surface area contributed by atoms with Gasteiger partial charge in [0.25, 0.3) is 10.2 Å². The number of nitrogens with zero attached hydrogens (tertiary/aromatic N) is 1. The maximum absolute atomic E-state index is 12.9. The summed E-state index contributed by atoms with van der Waals surface area (Å²) < 4.78 is 29.3. The van der Waals surface area contributed by atoms with Gasteiger partial charge in [-0.3, -0.25) is 4.79 Å². The van der Waals surface area contributed by atoms with Crippen molar-refractivity contribution in [2.75, 3.05) is 19.6 Å². The van der Waals surface area contributed by atoms with E-state index >= 15 is 0 Å². The molecule has 0 amide bonds. The van der Waals surface area contributed by atoms with Gasteiger partial charge in [-0.2, -0.15) is 17.4 Å². The highest BCUT2D eigenvalue weighted by molar-refractivity contribution is 7.87. The molecule has 29 heavy (non-hydrogen) atoms. The van der Waals surface area contributed by atoms with Crippen molar-refractivity contribution in [1.82, 2.24) is 9.03 Å². The van der Waals surface area contributed by atoms with Crippen molar-refractivity contribution in [2.45, 2.75) is 37.2 Å².